The topological polar surface area (TPSA) is 83.7 Å². The van der Waals surface area contributed by atoms with E-state index in [-0.39, 0.29) is 0 Å². The van der Waals surface area contributed by atoms with Gasteiger partial charge < -0.3 is 4.90 Å². The van der Waals surface area contributed by atoms with E-state index in [0.717, 1.165) is 46.5 Å². The van der Waals surface area contributed by atoms with E-state index < -0.39 is 10.0 Å². The van der Waals surface area contributed by atoms with Crippen LogP contribution >= 0.6 is 11.8 Å². The van der Waals surface area contributed by atoms with E-state index in [4.69, 9.17) is 5.10 Å². The zero-order valence-electron chi connectivity index (χ0n) is 18.9. The third-order valence-corrected chi connectivity index (χ3v) is 8.73. The van der Waals surface area contributed by atoms with Crippen molar-refractivity contribution in [3.8, 4) is 11.3 Å². The lowest BCUT2D eigenvalue weighted by Crippen LogP contribution is -2.47. The van der Waals surface area contributed by atoms with Gasteiger partial charge in [0.05, 0.1) is 16.3 Å². The van der Waals surface area contributed by atoms with Gasteiger partial charge in [-0.3, -0.25) is 0 Å². The number of aryl methyl sites for hydroxylation is 1. The molecule has 0 N–H and O–H groups in total. The third kappa shape index (κ3) is 3.90. The van der Waals surface area contributed by atoms with Gasteiger partial charge in [0.2, 0.25) is 10.0 Å². The predicted molar refractivity (Wildman–Crippen MR) is 132 cm³/mol. The van der Waals surface area contributed by atoms with Crippen molar-refractivity contribution in [3.63, 3.8) is 0 Å². The minimum Gasteiger partial charge on any atom is -0.304 e. The molecule has 5 rings (SSSR count). The molecule has 0 spiro atoms. The number of hydrogen-bond donors (Lipinski definition) is 0. The summed E-state index contributed by atoms with van der Waals surface area (Å²) in [6, 6.07) is 13.5. The van der Waals surface area contributed by atoms with Crippen molar-refractivity contribution in [2.24, 2.45) is 0 Å². The minimum atomic E-state index is -3.60. The molecule has 0 saturated carbocycles. The summed E-state index contributed by atoms with van der Waals surface area (Å²) in [6.07, 6.45) is 2.01. The van der Waals surface area contributed by atoms with Crippen LogP contribution in [0.1, 0.15) is 11.4 Å². The van der Waals surface area contributed by atoms with E-state index in [1.807, 2.05) is 56.6 Å². The fourth-order valence-corrected chi connectivity index (χ4v) is 6.36. The maximum Gasteiger partial charge on any atom is 0.243 e. The molecule has 2 aromatic carbocycles. The highest BCUT2D eigenvalue weighted by Crippen LogP contribution is 2.32. The van der Waals surface area contributed by atoms with Crippen LogP contribution in [0.4, 0.5) is 0 Å². The van der Waals surface area contributed by atoms with Gasteiger partial charge in [0.15, 0.2) is 11.5 Å². The van der Waals surface area contributed by atoms with Gasteiger partial charge >= 0.3 is 0 Å². The minimum absolute atomic E-state index is 0.337. The maximum atomic E-state index is 13.5. The molecule has 0 amide bonds. The first-order chi connectivity index (χ1) is 15.9. The first-order valence-corrected chi connectivity index (χ1v) is 13.6. The Morgan fingerprint density at radius 3 is 2.45 bits per heavy atom. The Hall–Kier alpha value is -2.53. The van der Waals surface area contributed by atoms with Gasteiger partial charge in [-0.25, -0.2) is 8.42 Å². The highest BCUT2D eigenvalue weighted by atomic mass is 32.2. The number of hydrogen-bond acceptors (Lipinski definition) is 7. The molecule has 10 heteroatoms. The highest BCUT2D eigenvalue weighted by Gasteiger charge is 2.29. The van der Waals surface area contributed by atoms with Crippen molar-refractivity contribution >= 4 is 38.2 Å². The zero-order valence-corrected chi connectivity index (χ0v) is 20.5. The van der Waals surface area contributed by atoms with Crippen LogP contribution in [0.5, 0.6) is 0 Å². The molecule has 0 radical (unpaired) electrons. The largest absolute Gasteiger partial charge is 0.304 e. The van der Waals surface area contributed by atoms with E-state index in [9.17, 15) is 8.42 Å². The lowest BCUT2D eigenvalue weighted by atomic mass is 10.0. The Morgan fingerprint density at radius 2 is 1.73 bits per heavy atom. The van der Waals surface area contributed by atoms with Gasteiger partial charge in [0, 0.05) is 42.5 Å². The van der Waals surface area contributed by atoms with E-state index in [0.29, 0.717) is 29.4 Å². The van der Waals surface area contributed by atoms with Gasteiger partial charge in [0.25, 0.3) is 0 Å². The number of benzene rings is 2. The molecule has 0 bridgehead atoms. The van der Waals surface area contributed by atoms with Crippen LogP contribution in [0.15, 0.2) is 47.4 Å². The van der Waals surface area contributed by atoms with E-state index in [2.05, 4.69) is 15.1 Å². The van der Waals surface area contributed by atoms with Crippen molar-refractivity contribution < 1.29 is 8.42 Å². The number of nitrogens with zero attached hydrogens (tertiary/aromatic N) is 6. The Morgan fingerprint density at radius 1 is 1.00 bits per heavy atom. The number of sulfonamides is 1. The van der Waals surface area contributed by atoms with Crippen LogP contribution in [0.2, 0.25) is 0 Å². The third-order valence-electron chi connectivity index (χ3n) is 6.14. The van der Waals surface area contributed by atoms with E-state index >= 15 is 0 Å². The highest BCUT2D eigenvalue weighted by molar-refractivity contribution is 7.97. The predicted octanol–water partition coefficient (Wildman–Crippen LogP) is 3.05. The first-order valence-electron chi connectivity index (χ1n) is 10.8. The molecular formula is C23H26N6O2S2. The summed E-state index contributed by atoms with van der Waals surface area (Å²) >= 11 is 1.65. The SMILES string of the molecule is CSCc1nnc2c3ccccc3c(-c3ccc(C)c(S(=O)(=O)N4CCN(C)CC4)c3)nn12. The molecule has 1 aliphatic rings. The number of thioether (sulfide) groups is 1. The van der Waals surface area contributed by atoms with Crippen molar-refractivity contribution in [1.29, 1.82) is 0 Å². The second kappa shape index (κ2) is 8.68. The average Bonchev–Trinajstić information content (AvgIpc) is 3.22. The summed E-state index contributed by atoms with van der Waals surface area (Å²) in [5, 5.41) is 15.4. The summed E-state index contributed by atoms with van der Waals surface area (Å²) in [5.41, 5.74) is 2.91. The number of rotatable bonds is 5. The number of likely N-dealkylation sites (N-methyl/N-ethyl adjacent to an activating group) is 1. The Kier molecular flexibility index (Phi) is 5.86. The summed E-state index contributed by atoms with van der Waals surface area (Å²) in [7, 11) is -1.59. The second-order valence-corrected chi connectivity index (χ2v) is 11.1. The molecule has 1 saturated heterocycles. The Balaban J connectivity index is 1.68. The fourth-order valence-electron chi connectivity index (χ4n) is 4.25. The molecule has 0 aliphatic carbocycles. The summed E-state index contributed by atoms with van der Waals surface area (Å²) in [5.74, 6) is 1.45. The van der Waals surface area contributed by atoms with Crippen LogP contribution in [0, 0.1) is 6.92 Å². The molecule has 1 fully saturated rings. The summed E-state index contributed by atoms with van der Waals surface area (Å²) in [4.78, 5) is 2.48. The maximum absolute atomic E-state index is 13.5. The van der Waals surface area contributed by atoms with Crippen molar-refractivity contribution in [3.05, 3.63) is 53.9 Å². The number of fused-ring (bicyclic) bond motifs is 3. The Bertz CT molecular complexity index is 1440. The van der Waals surface area contributed by atoms with Crippen LogP contribution in [-0.4, -0.2) is 76.9 Å². The van der Waals surface area contributed by atoms with Gasteiger partial charge in [-0.2, -0.15) is 25.7 Å². The normalized spacial score (nSPS) is 16.1. The lowest BCUT2D eigenvalue weighted by Gasteiger charge is -2.32. The molecule has 33 heavy (non-hydrogen) atoms. The number of piperazine rings is 1. The first kappa shape index (κ1) is 22.3. The van der Waals surface area contributed by atoms with Gasteiger partial charge in [0.1, 0.15) is 0 Å². The molecule has 3 heterocycles. The summed E-state index contributed by atoms with van der Waals surface area (Å²) in [6.45, 7) is 4.29. The molecule has 2 aromatic heterocycles. The summed E-state index contributed by atoms with van der Waals surface area (Å²) < 4.78 is 30.4. The monoisotopic (exact) mass is 482 g/mol. The Labute approximate surface area is 197 Å². The van der Waals surface area contributed by atoms with Crippen LogP contribution in [0.3, 0.4) is 0 Å². The van der Waals surface area contributed by atoms with E-state index in [1.54, 1.807) is 26.6 Å². The number of aromatic nitrogens is 4. The quantitative estimate of drug-likeness (QED) is 0.432. The van der Waals surface area contributed by atoms with Gasteiger partial charge in [-0.05, 0) is 31.9 Å². The van der Waals surface area contributed by atoms with Crippen molar-refractivity contribution in [2.45, 2.75) is 17.6 Å². The fraction of sp³-hybridized carbons (Fsp3) is 0.348. The van der Waals surface area contributed by atoms with E-state index in [1.165, 1.54) is 0 Å². The van der Waals surface area contributed by atoms with Crippen molar-refractivity contribution in [2.75, 3.05) is 39.5 Å². The average molecular weight is 483 g/mol. The smallest absolute Gasteiger partial charge is 0.243 e. The molecule has 1 aliphatic heterocycles. The van der Waals surface area contributed by atoms with Crippen LogP contribution in [0.25, 0.3) is 27.7 Å². The molecular weight excluding hydrogens is 456 g/mol. The van der Waals surface area contributed by atoms with Crippen LogP contribution in [-0.2, 0) is 15.8 Å². The van der Waals surface area contributed by atoms with Gasteiger partial charge in [-0.15, -0.1) is 10.2 Å². The zero-order chi connectivity index (χ0) is 23.2. The second-order valence-electron chi connectivity index (χ2n) is 8.37. The standard InChI is InChI=1S/C23H26N6O2S2/c1-16-8-9-17(14-20(16)33(30,31)28-12-10-27(2)11-13-28)22-18-6-4-5-7-19(18)23-25-24-21(15-32-3)29(23)26-22/h4-9,14H,10-13,15H2,1-3H3. The molecule has 4 aromatic rings. The molecule has 172 valence electrons. The van der Waals surface area contributed by atoms with Crippen molar-refractivity contribution in [1.82, 2.24) is 29.0 Å². The molecule has 0 unspecified atom stereocenters. The van der Waals surface area contributed by atoms with Gasteiger partial charge in [-0.1, -0.05) is 36.4 Å². The molecule has 0 atom stereocenters. The lowest BCUT2D eigenvalue weighted by molar-refractivity contribution is 0.222. The van der Waals surface area contributed by atoms with Crippen LogP contribution < -0.4 is 0 Å². The molecule has 8 nitrogen and oxygen atoms in total.